The average molecular weight is 378 g/mol. The average Bonchev–Trinajstić information content (AvgIpc) is 2.74. The molecule has 0 spiro atoms. The largest absolute Gasteiger partial charge is 0.269 e. The Kier molecular flexibility index (Phi) is 5.21. The minimum absolute atomic E-state index is 0.108. The molecule has 0 amide bonds. The van der Waals surface area contributed by atoms with E-state index in [1.54, 1.807) is 22.9 Å². The summed E-state index contributed by atoms with van der Waals surface area (Å²) in [6.45, 7) is 4.14. The van der Waals surface area contributed by atoms with Gasteiger partial charge in [-0.3, -0.25) is 9.36 Å². The van der Waals surface area contributed by atoms with Crippen LogP contribution in [0.15, 0.2) is 95.9 Å². The monoisotopic (exact) mass is 378 g/mol. The van der Waals surface area contributed by atoms with Crippen LogP contribution in [0.2, 0.25) is 0 Å². The van der Waals surface area contributed by atoms with Crippen LogP contribution < -0.4 is 5.56 Å². The van der Waals surface area contributed by atoms with Crippen LogP contribution in [0.5, 0.6) is 0 Å². The number of rotatable bonds is 4. The number of benzene rings is 2. The van der Waals surface area contributed by atoms with Crippen LogP contribution in [-0.2, 0) is 0 Å². The highest BCUT2D eigenvalue weighted by Crippen LogP contribution is 2.27. The summed E-state index contributed by atoms with van der Waals surface area (Å²) < 4.78 is 1.67. The Bertz CT molecular complexity index is 1200. The zero-order valence-corrected chi connectivity index (χ0v) is 16.5. The zero-order chi connectivity index (χ0) is 20.2. The number of nitrogens with zero attached hydrogens (tertiary/aromatic N) is 2. The summed E-state index contributed by atoms with van der Waals surface area (Å²) >= 11 is 0. The molecule has 4 aromatic rings. The topological polar surface area (TPSA) is 34.9 Å². The fourth-order valence-corrected chi connectivity index (χ4v) is 3.29. The van der Waals surface area contributed by atoms with Gasteiger partial charge in [-0.2, -0.15) is 0 Å². The summed E-state index contributed by atoms with van der Waals surface area (Å²) in [5.41, 5.74) is 6.20. The highest BCUT2D eigenvalue weighted by molar-refractivity contribution is 5.90. The van der Waals surface area contributed by atoms with Crippen LogP contribution in [0.4, 0.5) is 0 Å². The standard InChI is InChI=1S/C26H22N2O/c1-19-9-13-21(14-10-19)18-23(22-15-11-20(2)12-16-22)24-6-5-8-26(29)28(24)25-7-3-4-17-27-25/h3-18H,1-2H3/b23-18+. The van der Waals surface area contributed by atoms with E-state index in [0.717, 1.165) is 22.4 Å². The molecule has 2 aromatic carbocycles. The Morgan fingerprint density at radius 1 is 0.793 bits per heavy atom. The maximum Gasteiger partial charge on any atom is 0.256 e. The van der Waals surface area contributed by atoms with E-state index in [1.165, 1.54) is 11.1 Å². The van der Waals surface area contributed by atoms with E-state index in [0.29, 0.717) is 5.82 Å². The van der Waals surface area contributed by atoms with Gasteiger partial charge >= 0.3 is 0 Å². The van der Waals surface area contributed by atoms with Gasteiger partial charge in [0, 0.05) is 17.8 Å². The fraction of sp³-hybridized carbons (Fsp3) is 0.0769. The minimum atomic E-state index is -0.108. The zero-order valence-electron chi connectivity index (χ0n) is 16.5. The van der Waals surface area contributed by atoms with Gasteiger partial charge in [0.05, 0.1) is 5.69 Å². The first-order valence-corrected chi connectivity index (χ1v) is 9.61. The van der Waals surface area contributed by atoms with Crippen LogP contribution >= 0.6 is 0 Å². The molecule has 2 aromatic heterocycles. The summed E-state index contributed by atoms with van der Waals surface area (Å²) in [6, 6.07) is 27.7. The van der Waals surface area contributed by atoms with Crippen molar-refractivity contribution in [3.05, 3.63) is 129 Å². The molecule has 0 fully saturated rings. The fourth-order valence-electron chi connectivity index (χ4n) is 3.29. The molecule has 2 heterocycles. The van der Waals surface area contributed by atoms with Gasteiger partial charge in [0.1, 0.15) is 5.82 Å². The van der Waals surface area contributed by atoms with Gasteiger partial charge in [0.2, 0.25) is 0 Å². The highest BCUT2D eigenvalue weighted by atomic mass is 16.1. The van der Waals surface area contributed by atoms with Crippen molar-refractivity contribution in [2.24, 2.45) is 0 Å². The third-order valence-corrected chi connectivity index (χ3v) is 4.86. The van der Waals surface area contributed by atoms with Crippen LogP contribution in [0.1, 0.15) is 27.9 Å². The Balaban J connectivity index is 1.98. The molecule has 0 N–H and O–H groups in total. The van der Waals surface area contributed by atoms with E-state index < -0.39 is 0 Å². The second-order valence-corrected chi connectivity index (χ2v) is 7.11. The lowest BCUT2D eigenvalue weighted by Gasteiger charge is -2.16. The van der Waals surface area contributed by atoms with Crippen molar-refractivity contribution in [2.45, 2.75) is 13.8 Å². The molecule has 0 bridgehead atoms. The van der Waals surface area contributed by atoms with Gasteiger partial charge in [0.15, 0.2) is 0 Å². The minimum Gasteiger partial charge on any atom is -0.269 e. The lowest BCUT2D eigenvalue weighted by molar-refractivity contribution is 0.923. The third kappa shape index (κ3) is 4.09. The summed E-state index contributed by atoms with van der Waals surface area (Å²) in [5.74, 6) is 0.606. The van der Waals surface area contributed by atoms with Gasteiger partial charge in [0.25, 0.3) is 5.56 Å². The van der Waals surface area contributed by atoms with Crippen molar-refractivity contribution in [3.8, 4) is 5.82 Å². The van der Waals surface area contributed by atoms with Crippen molar-refractivity contribution in [3.63, 3.8) is 0 Å². The summed E-state index contributed by atoms with van der Waals surface area (Å²) in [4.78, 5) is 17.2. The molecule has 0 aliphatic heterocycles. The number of hydrogen-bond acceptors (Lipinski definition) is 2. The Labute approximate surface area is 170 Å². The summed E-state index contributed by atoms with van der Waals surface area (Å²) in [6.07, 6.45) is 3.83. The normalized spacial score (nSPS) is 11.4. The van der Waals surface area contributed by atoms with E-state index in [1.807, 2.05) is 24.3 Å². The molecule has 3 nitrogen and oxygen atoms in total. The van der Waals surface area contributed by atoms with Crippen molar-refractivity contribution < 1.29 is 0 Å². The van der Waals surface area contributed by atoms with E-state index in [4.69, 9.17) is 0 Å². The van der Waals surface area contributed by atoms with Crippen LogP contribution in [-0.4, -0.2) is 9.55 Å². The first-order chi connectivity index (χ1) is 14.1. The maximum atomic E-state index is 12.8. The third-order valence-electron chi connectivity index (χ3n) is 4.86. The molecular formula is C26H22N2O. The van der Waals surface area contributed by atoms with Crippen molar-refractivity contribution >= 4 is 11.6 Å². The molecule has 0 aliphatic carbocycles. The van der Waals surface area contributed by atoms with Crippen LogP contribution in [0, 0.1) is 13.8 Å². The predicted octanol–water partition coefficient (Wildman–Crippen LogP) is 5.44. The molecule has 0 saturated carbocycles. The lowest BCUT2D eigenvalue weighted by Crippen LogP contribution is -2.21. The highest BCUT2D eigenvalue weighted by Gasteiger charge is 2.13. The van der Waals surface area contributed by atoms with Gasteiger partial charge in [-0.05, 0) is 49.2 Å². The lowest BCUT2D eigenvalue weighted by atomic mass is 9.97. The van der Waals surface area contributed by atoms with Crippen LogP contribution in [0.3, 0.4) is 0 Å². The summed E-state index contributed by atoms with van der Waals surface area (Å²) in [5, 5.41) is 0. The van der Waals surface area contributed by atoms with Crippen molar-refractivity contribution in [1.29, 1.82) is 0 Å². The van der Waals surface area contributed by atoms with Crippen molar-refractivity contribution in [1.82, 2.24) is 9.55 Å². The predicted molar refractivity (Wildman–Crippen MR) is 119 cm³/mol. The molecule has 0 atom stereocenters. The summed E-state index contributed by atoms with van der Waals surface area (Å²) in [7, 11) is 0. The molecule has 3 heteroatoms. The quantitative estimate of drug-likeness (QED) is 0.443. The Morgan fingerprint density at radius 3 is 2.14 bits per heavy atom. The Morgan fingerprint density at radius 2 is 1.48 bits per heavy atom. The number of pyridine rings is 2. The smallest absolute Gasteiger partial charge is 0.256 e. The maximum absolute atomic E-state index is 12.8. The molecule has 0 radical (unpaired) electrons. The SMILES string of the molecule is Cc1ccc(/C=C(\c2ccc(C)cc2)c2cccc(=O)n2-c2ccccn2)cc1. The van der Waals surface area contributed by atoms with Gasteiger partial charge in [-0.25, -0.2) is 4.98 Å². The van der Waals surface area contributed by atoms with Crippen LogP contribution in [0.25, 0.3) is 17.5 Å². The molecule has 142 valence electrons. The van der Waals surface area contributed by atoms with Gasteiger partial charge in [-0.1, -0.05) is 71.8 Å². The van der Waals surface area contributed by atoms with E-state index in [9.17, 15) is 4.79 Å². The number of hydrogen-bond donors (Lipinski definition) is 0. The molecule has 4 rings (SSSR count). The molecule has 0 unspecified atom stereocenters. The van der Waals surface area contributed by atoms with Gasteiger partial charge < -0.3 is 0 Å². The first-order valence-electron chi connectivity index (χ1n) is 9.61. The van der Waals surface area contributed by atoms with E-state index in [2.05, 4.69) is 73.4 Å². The van der Waals surface area contributed by atoms with E-state index in [-0.39, 0.29) is 5.56 Å². The van der Waals surface area contributed by atoms with Crippen molar-refractivity contribution in [2.75, 3.05) is 0 Å². The Hall–Kier alpha value is -3.72. The number of aromatic nitrogens is 2. The number of aryl methyl sites for hydroxylation is 2. The van der Waals surface area contributed by atoms with Gasteiger partial charge in [-0.15, -0.1) is 0 Å². The van der Waals surface area contributed by atoms with E-state index >= 15 is 0 Å². The molecule has 29 heavy (non-hydrogen) atoms. The molecule has 0 saturated heterocycles. The molecule has 0 aliphatic rings. The first kappa shape index (κ1) is 18.6. The molecular weight excluding hydrogens is 356 g/mol. The second-order valence-electron chi connectivity index (χ2n) is 7.11. The second kappa shape index (κ2) is 8.11.